The smallest absolute Gasteiger partial charge is 0.416 e. The Bertz CT molecular complexity index is 1080. The molecule has 1 fully saturated rings. The third kappa shape index (κ3) is 4.18. The Hall–Kier alpha value is -3.38. The summed E-state index contributed by atoms with van der Waals surface area (Å²) in [6.45, 7) is 2.61. The van der Waals surface area contributed by atoms with Crippen LogP contribution in [-0.2, 0) is 22.4 Å². The molecular weight excluding hydrogens is 435 g/mol. The van der Waals surface area contributed by atoms with Gasteiger partial charge in [0.15, 0.2) is 18.2 Å². The average Bonchev–Trinajstić information content (AvgIpc) is 3.40. The maximum absolute atomic E-state index is 14.0. The summed E-state index contributed by atoms with van der Waals surface area (Å²) in [7, 11) is 0. The number of nitrogens with zero attached hydrogens (tertiary/aromatic N) is 4. The van der Waals surface area contributed by atoms with Gasteiger partial charge in [-0.2, -0.15) is 0 Å². The molecule has 1 aliphatic carbocycles. The number of anilines is 2. The summed E-state index contributed by atoms with van der Waals surface area (Å²) in [5.41, 5.74) is 2.54. The summed E-state index contributed by atoms with van der Waals surface area (Å²) in [5, 5.41) is 16.3. The number of aliphatic hydroxyl groups is 1. The first-order valence-corrected chi connectivity index (χ1v) is 10.7. The number of hydrogen-bond acceptors (Lipinski definition) is 9. The minimum atomic E-state index is -0.948. The molecule has 12 heteroatoms. The van der Waals surface area contributed by atoms with Gasteiger partial charge >= 0.3 is 6.09 Å². The maximum Gasteiger partial charge on any atom is 0.416 e. The van der Waals surface area contributed by atoms with Crippen LogP contribution in [0.25, 0.3) is 0 Å². The van der Waals surface area contributed by atoms with E-state index in [0.29, 0.717) is 13.0 Å². The largest absolute Gasteiger partial charge is 0.465 e. The number of amides is 2. The number of aryl methyl sites for hydroxylation is 1. The van der Waals surface area contributed by atoms with Crippen LogP contribution in [0.15, 0.2) is 12.4 Å². The molecule has 4 heterocycles. The predicted molar refractivity (Wildman–Crippen MR) is 112 cm³/mol. The Morgan fingerprint density at radius 3 is 2.94 bits per heavy atom. The van der Waals surface area contributed by atoms with Crippen LogP contribution in [-0.4, -0.2) is 70.5 Å². The van der Waals surface area contributed by atoms with E-state index in [1.165, 1.54) is 17.3 Å². The van der Waals surface area contributed by atoms with E-state index < -0.39 is 18.3 Å². The topological polar surface area (TPSA) is 139 Å². The molecule has 174 valence electrons. The minimum Gasteiger partial charge on any atom is -0.465 e. The Balaban J connectivity index is 1.14. The molecule has 5 rings (SSSR count). The van der Waals surface area contributed by atoms with Crippen LogP contribution in [0.1, 0.15) is 16.8 Å². The van der Waals surface area contributed by atoms with Crippen molar-refractivity contribution in [3.8, 4) is 5.88 Å². The van der Waals surface area contributed by atoms with E-state index in [9.17, 15) is 19.1 Å². The number of rotatable bonds is 6. The van der Waals surface area contributed by atoms with Crippen molar-refractivity contribution in [3.63, 3.8) is 0 Å². The molecule has 1 saturated heterocycles. The number of pyridine rings is 1. The molecule has 2 unspecified atom stereocenters. The molecule has 2 aliphatic heterocycles. The van der Waals surface area contributed by atoms with E-state index in [2.05, 4.69) is 25.6 Å². The number of aromatic nitrogens is 3. The highest BCUT2D eigenvalue weighted by Crippen LogP contribution is 2.30. The lowest BCUT2D eigenvalue weighted by Crippen LogP contribution is -2.40. The molecule has 0 aromatic carbocycles. The molecule has 11 nitrogen and oxygen atoms in total. The van der Waals surface area contributed by atoms with Crippen LogP contribution in [0.4, 0.5) is 20.8 Å². The molecule has 0 bridgehead atoms. The molecule has 0 spiro atoms. The molecule has 2 aromatic rings. The summed E-state index contributed by atoms with van der Waals surface area (Å²) < 4.78 is 24.5. The van der Waals surface area contributed by atoms with Gasteiger partial charge in [0.05, 0.1) is 18.9 Å². The van der Waals surface area contributed by atoms with Crippen LogP contribution in [0.5, 0.6) is 5.88 Å². The molecule has 0 radical (unpaired) electrons. The van der Waals surface area contributed by atoms with Gasteiger partial charge in [0.2, 0.25) is 0 Å². The molecule has 2 aromatic heterocycles. The second-order valence-electron chi connectivity index (χ2n) is 8.40. The number of halogens is 1. The Morgan fingerprint density at radius 2 is 2.12 bits per heavy atom. The van der Waals surface area contributed by atoms with Gasteiger partial charge in [-0.25, -0.2) is 19.2 Å². The molecular formula is C21H23FN6O5. The SMILES string of the molecule is Cc1ncc(F)c2c1CC(CNC[C@@H](O)C1CN(c3cnc4c(n3)NC(=O)CO4)C(=O)O1)C2. The zero-order valence-corrected chi connectivity index (χ0v) is 17.9. The molecule has 2 amide bonds. The summed E-state index contributed by atoms with van der Waals surface area (Å²) in [6.07, 6.45) is 1.59. The highest BCUT2D eigenvalue weighted by atomic mass is 19.1. The van der Waals surface area contributed by atoms with E-state index in [1.807, 2.05) is 6.92 Å². The van der Waals surface area contributed by atoms with Gasteiger partial charge < -0.3 is 25.2 Å². The molecule has 0 saturated carbocycles. The fraction of sp³-hybridized carbons (Fsp3) is 0.476. The number of carbonyl (C=O) groups is 2. The van der Waals surface area contributed by atoms with Crippen molar-refractivity contribution in [2.24, 2.45) is 5.92 Å². The Morgan fingerprint density at radius 1 is 1.30 bits per heavy atom. The van der Waals surface area contributed by atoms with Crippen LogP contribution in [0, 0.1) is 18.7 Å². The molecule has 33 heavy (non-hydrogen) atoms. The maximum atomic E-state index is 14.0. The molecule has 3 atom stereocenters. The van der Waals surface area contributed by atoms with Gasteiger partial charge in [-0.1, -0.05) is 0 Å². The van der Waals surface area contributed by atoms with Crippen LogP contribution >= 0.6 is 0 Å². The van der Waals surface area contributed by atoms with Gasteiger partial charge in [0.1, 0.15) is 18.0 Å². The first-order valence-electron chi connectivity index (χ1n) is 10.7. The molecule has 3 N–H and O–H groups in total. The second kappa shape index (κ2) is 8.52. The number of ether oxygens (including phenoxy) is 2. The van der Waals surface area contributed by atoms with Gasteiger partial charge in [-0.15, -0.1) is 0 Å². The number of cyclic esters (lactones) is 1. The van der Waals surface area contributed by atoms with Crippen molar-refractivity contribution < 1.29 is 28.6 Å². The lowest BCUT2D eigenvalue weighted by Gasteiger charge is -2.19. The third-order valence-corrected chi connectivity index (χ3v) is 6.10. The van der Waals surface area contributed by atoms with Crippen molar-refractivity contribution in [3.05, 3.63) is 35.0 Å². The summed E-state index contributed by atoms with van der Waals surface area (Å²) in [5.74, 6) is 0.0509. The lowest BCUT2D eigenvalue weighted by atomic mass is 10.1. The standard InChI is InChI=1S/C21H23FN6O5/c1-10-12-2-11(3-13(12)14(22)5-24-10)4-23-6-15(29)16-8-28(21(31)33-16)17-7-25-20-19(26-17)27-18(30)9-32-20/h5,7,11,15-16,23,29H,2-4,6,8-9H2,1H3,(H,26,27,30)/t11?,15-,16?/m1/s1. The van der Waals surface area contributed by atoms with Crippen LogP contribution in [0.2, 0.25) is 0 Å². The zero-order valence-electron chi connectivity index (χ0n) is 17.9. The Labute approximate surface area is 188 Å². The van der Waals surface area contributed by atoms with Crippen molar-refractivity contribution in [2.75, 3.05) is 36.5 Å². The first kappa shape index (κ1) is 21.5. The van der Waals surface area contributed by atoms with Gasteiger partial charge in [-0.3, -0.25) is 14.7 Å². The summed E-state index contributed by atoms with van der Waals surface area (Å²) in [4.78, 5) is 37.4. The van der Waals surface area contributed by atoms with E-state index in [0.717, 1.165) is 23.2 Å². The van der Waals surface area contributed by atoms with Crippen molar-refractivity contribution >= 4 is 23.6 Å². The fourth-order valence-electron chi connectivity index (χ4n) is 4.38. The lowest BCUT2D eigenvalue weighted by molar-refractivity contribution is -0.118. The van der Waals surface area contributed by atoms with Crippen LogP contribution in [0.3, 0.4) is 0 Å². The summed E-state index contributed by atoms with van der Waals surface area (Å²) >= 11 is 0. The van der Waals surface area contributed by atoms with E-state index in [1.54, 1.807) is 0 Å². The van der Waals surface area contributed by atoms with E-state index >= 15 is 0 Å². The predicted octanol–water partition coefficient (Wildman–Crippen LogP) is 0.341. The van der Waals surface area contributed by atoms with Crippen molar-refractivity contribution in [1.82, 2.24) is 20.3 Å². The third-order valence-electron chi connectivity index (χ3n) is 6.10. The number of carbonyl (C=O) groups excluding carboxylic acids is 2. The normalized spacial score (nSPS) is 22.3. The van der Waals surface area contributed by atoms with Gasteiger partial charge in [-0.05, 0) is 43.4 Å². The zero-order chi connectivity index (χ0) is 23.1. The highest BCUT2D eigenvalue weighted by molar-refractivity contribution is 5.94. The second-order valence-corrected chi connectivity index (χ2v) is 8.40. The van der Waals surface area contributed by atoms with Crippen molar-refractivity contribution in [1.29, 1.82) is 0 Å². The molecule has 3 aliphatic rings. The van der Waals surface area contributed by atoms with Crippen molar-refractivity contribution in [2.45, 2.75) is 32.0 Å². The van der Waals surface area contributed by atoms with Crippen LogP contribution < -0.4 is 20.3 Å². The number of aliphatic hydroxyl groups excluding tert-OH is 1. The minimum absolute atomic E-state index is 0.0783. The summed E-state index contributed by atoms with van der Waals surface area (Å²) in [6, 6.07) is 0. The number of hydrogen-bond donors (Lipinski definition) is 3. The van der Waals surface area contributed by atoms with E-state index in [-0.39, 0.29) is 54.9 Å². The number of fused-ring (bicyclic) bond motifs is 2. The van der Waals surface area contributed by atoms with Gasteiger partial charge in [0.25, 0.3) is 11.8 Å². The van der Waals surface area contributed by atoms with E-state index in [4.69, 9.17) is 9.47 Å². The average molecular weight is 458 g/mol. The first-order chi connectivity index (χ1) is 15.9. The quantitative estimate of drug-likeness (QED) is 0.559. The monoisotopic (exact) mass is 458 g/mol. The number of nitrogens with one attached hydrogen (secondary N) is 2. The highest BCUT2D eigenvalue weighted by Gasteiger charge is 2.38. The van der Waals surface area contributed by atoms with Gasteiger partial charge in [0, 0.05) is 12.2 Å². The Kier molecular flexibility index (Phi) is 5.54. The fourth-order valence-corrected chi connectivity index (χ4v) is 4.38.